The van der Waals surface area contributed by atoms with Crippen molar-refractivity contribution in [3.8, 4) is 0 Å². The van der Waals surface area contributed by atoms with Crippen molar-refractivity contribution in [2.24, 2.45) is 0 Å². The second-order valence-corrected chi connectivity index (χ2v) is 3.47. The highest BCUT2D eigenvalue weighted by atomic mass is 79.9. The number of carbonyl (C=O) groups is 1. The van der Waals surface area contributed by atoms with Crippen molar-refractivity contribution in [2.45, 2.75) is 6.92 Å². The van der Waals surface area contributed by atoms with Crippen molar-refractivity contribution in [2.75, 3.05) is 5.33 Å². The lowest BCUT2D eigenvalue weighted by Gasteiger charge is -2.02. The molecule has 0 aromatic heterocycles. The first-order valence-corrected chi connectivity index (χ1v) is 5.13. The molecule has 0 aliphatic rings. The van der Waals surface area contributed by atoms with E-state index in [2.05, 4.69) is 15.9 Å². The smallest absolute Gasteiger partial charge is 0.293 e. The van der Waals surface area contributed by atoms with Crippen molar-refractivity contribution < 1.29 is 14.1 Å². The fraction of sp³-hybridized carbons (Fsp3) is 0.222. The van der Waals surface area contributed by atoms with Gasteiger partial charge >= 0.3 is 5.69 Å². The summed E-state index contributed by atoms with van der Waals surface area (Å²) in [7, 11) is 0. The lowest BCUT2D eigenvalue weighted by molar-refractivity contribution is -0.387. The molecule has 0 aliphatic carbocycles. The second-order valence-electron chi connectivity index (χ2n) is 2.91. The highest BCUT2D eigenvalue weighted by Gasteiger charge is 2.25. The van der Waals surface area contributed by atoms with E-state index >= 15 is 0 Å². The number of nitrogens with zero attached hydrogens (tertiary/aromatic N) is 1. The summed E-state index contributed by atoms with van der Waals surface area (Å²) in [5.41, 5.74) is -0.813. The van der Waals surface area contributed by atoms with Gasteiger partial charge in [0, 0.05) is 0 Å². The van der Waals surface area contributed by atoms with Gasteiger partial charge in [0.25, 0.3) is 0 Å². The molecule has 0 amide bonds. The van der Waals surface area contributed by atoms with E-state index in [0.29, 0.717) is 0 Å². The quantitative estimate of drug-likeness (QED) is 0.369. The van der Waals surface area contributed by atoms with Gasteiger partial charge in [-0.1, -0.05) is 22.0 Å². The molecule has 6 heteroatoms. The third kappa shape index (κ3) is 2.20. The Morgan fingerprint density at radius 3 is 2.67 bits per heavy atom. The number of carbonyl (C=O) groups excluding carboxylic acids is 1. The lowest BCUT2D eigenvalue weighted by Crippen LogP contribution is -2.07. The molecular formula is C9H7BrFNO3. The van der Waals surface area contributed by atoms with Crippen LogP contribution in [0.5, 0.6) is 0 Å². The van der Waals surface area contributed by atoms with Crippen LogP contribution in [-0.2, 0) is 0 Å². The Morgan fingerprint density at radius 1 is 1.60 bits per heavy atom. The number of ketones is 1. The molecule has 1 rings (SSSR count). The van der Waals surface area contributed by atoms with Crippen molar-refractivity contribution in [1.29, 1.82) is 0 Å². The summed E-state index contributed by atoms with van der Waals surface area (Å²) >= 11 is 2.88. The summed E-state index contributed by atoms with van der Waals surface area (Å²) in [4.78, 5) is 21.0. The number of hydrogen-bond donors (Lipinski definition) is 0. The highest BCUT2D eigenvalue weighted by Crippen LogP contribution is 2.25. The summed E-state index contributed by atoms with van der Waals surface area (Å²) in [5.74, 6) is -1.47. The Hall–Kier alpha value is -1.30. The number of alkyl halides is 1. The summed E-state index contributed by atoms with van der Waals surface area (Å²) < 4.78 is 13.4. The molecule has 0 radical (unpaired) electrons. The lowest BCUT2D eigenvalue weighted by atomic mass is 10.1. The standard InChI is InChI=1S/C9H7BrFNO3/c1-5-2-3-6(7(13)4-10)9(8(5)11)12(14)15/h2-3H,4H2,1H3. The fourth-order valence-electron chi connectivity index (χ4n) is 1.14. The van der Waals surface area contributed by atoms with Crippen LogP contribution in [0.25, 0.3) is 0 Å². The minimum atomic E-state index is -0.952. The first-order chi connectivity index (χ1) is 6.99. The van der Waals surface area contributed by atoms with E-state index in [9.17, 15) is 19.3 Å². The molecule has 15 heavy (non-hydrogen) atoms. The molecule has 0 atom stereocenters. The number of nitro groups is 1. The maximum Gasteiger partial charge on any atom is 0.315 e. The van der Waals surface area contributed by atoms with Gasteiger partial charge in [0.05, 0.1) is 15.8 Å². The van der Waals surface area contributed by atoms with Crippen LogP contribution in [0.1, 0.15) is 15.9 Å². The van der Waals surface area contributed by atoms with Gasteiger partial charge in [-0.15, -0.1) is 0 Å². The van der Waals surface area contributed by atoms with Crippen LogP contribution in [0.2, 0.25) is 0 Å². The third-order valence-corrected chi connectivity index (χ3v) is 2.42. The van der Waals surface area contributed by atoms with Crippen molar-refractivity contribution >= 4 is 27.4 Å². The number of benzene rings is 1. The number of nitro benzene ring substituents is 1. The normalized spacial score (nSPS) is 10.1. The predicted molar refractivity (Wildman–Crippen MR) is 55.9 cm³/mol. The molecule has 4 nitrogen and oxygen atoms in total. The summed E-state index contributed by atoms with van der Waals surface area (Å²) in [6.45, 7) is 1.41. The third-order valence-electron chi connectivity index (χ3n) is 1.91. The van der Waals surface area contributed by atoms with Gasteiger partial charge in [0.15, 0.2) is 5.78 Å². The van der Waals surface area contributed by atoms with Crippen LogP contribution in [0.15, 0.2) is 12.1 Å². The molecule has 80 valence electrons. The van der Waals surface area contributed by atoms with Crippen LogP contribution in [0, 0.1) is 22.9 Å². The number of aryl methyl sites for hydroxylation is 1. The fourth-order valence-corrected chi connectivity index (χ4v) is 1.44. The van der Waals surface area contributed by atoms with Gasteiger partial charge in [-0.2, -0.15) is 4.39 Å². The molecule has 0 aliphatic heterocycles. The highest BCUT2D eigenvalue weighted by molar-refractivity contribution is 9.09. The van der Waals surface area contributed by atoms with Gasteiger partial charge in [0.2, 0.25) is 5.82 Å². The second kappa shape index (κ2) is 4.48. The minimum absolute atomic E-state index is 0.0731. The van der Waals surface area contributed by atoms with E-state index in [1.165, 1.54) is 19.1 Å². The Morgan fingerprint density at radius 2 is 2.20 bits per heavy atom. The summed E-state index contributed by atoms with van der Waals surface area (Å²) in [5, 5.41) is 10.5. The molecule has 0 saturated heterocycles. The molecule has 1 aromatic rings. The van der Waals surface area contributed by atoms with Crippen LogP contribution in [0.4, 0.5) is 10.1 Å². The maximum absolute atomic E-state index is 13.4. The maximum atomic E-state index is 13.4. The number of hydrogen-bond acceptors (Lipinski definition) is 3. The van der Waals surface area contributed by atoms with Crippen LogP contribution in [-0.4, -0.2) is 16.0 Å². The van der Waals surface area contributed by atoms with Crippen molar-refractivity contribution in [3.63, 3.8) is 0 Å². The zero-order chi connectivity index (χ0) is 11.6. The zero-order valence-electron chi connectivity index (χ0n) is 7.79. The van der Waals surface area contributed by atoms with E-state index < -0.39 is 22.2 Å². The van der Waals surface area contributed by atoms with E-state index in [1.54, 1.807) is 0 Å². The zero-order valence-corrected chi connectivity index (χ0v) is 9.38. The SMILES string of the molecule is Cc1ccc(C(=O)CBr)c([N+](=O)[O-])c1F. The van der Waals surface area contributed by atoms with Gasteiger partial charge < -0.3 is 0 Å². The Labute approximate surface area is 93.4 Å². The first kappa shape index (κ1) is 11.8. The average Bonchev–Trinajstić information content (AvgIpc) is 2.20. The van der Waals surface area contributed by atoms with Gasteiger partial charge in [-0.05, 0) is 18.6 Å². The summed E-state index contributed by atoms with van der Waals surface area (Å²) in [6.07, 6.45) is 0. The molecule has 0 fully saturated rings. The Balaban J connectivity index is 3.46. The molecule has 1 aromatic carbocycles. The number of Topliss-reactive ketones (excluding diaryl/α,β-unsaturated/α-hetero) is 1. The molecule has 0 N–H and O–H groups in total. The minimum Gasteiger partial charge on any atom is -0.293 e. The Bertz CT molecular complexity index is 434. The monoisotopic (exact) mass is 275 g/mol. The van der Waals surface area contributed by atoms with Gasteiger partial charge in [0.1, 0.15) is 0 Å². The molecule has 0 heterocycles. The van der Waals surface area contributed by atoms with Gasteiger partial charge in [-0.3, -0.25) is 14.9 Å². The molecule has 0 bridgehead atoms. The first-order valence-electron chi connectivity index (χ1n) is 4.01. The number of halogens is 2. The molecule has 0 unspecified atom stereocenters. The topological polar surface area (TPSA) is 60.2 Å². The van der Waals surface area contributed by atoms with Crippen molar-refractivity contribution in [3.05, 3.63) is 39.2 Å². The molecule has 0 spiro atoms. The molecular weight excluding hydrogens is 269 g/mol. The predicted octanol–water partition coefficient (Wildman–Crippen LogP) is 2.62. The van der Waals surface area contributed by atoms with Gasteiger partial charge in [-0.25, -0.2) is 0 Å². The largest absolute Gasteiger partial charge is 0.315 e. The Kier molecular flexibility index (Phi) is 3.52. The molecule has 0 saturated carbocycles. The average molecular weight is 276 g/mol. The van der Waals surface area contributed by atoms with Crippen molar-refractivity contribution in [1.82, 2.24) is 0 Å². The van der Waals surface area contributed by atoms with Crippen LogP contribution < -0.4 is 0 Å². The van der Waals surface area contributed by atoms with Crippen LogP contribution >= 0.6 is 15.9 Å². The van der Waals surface area contributed by atoms with E-state index in [1.807, 2.05) is 0 Å². The van der Waals surface area contributed by atoms with E-state index in [0.717, 1.165) is 0 Å². The van der Waals surface area contributed by atoms with E-state index in [-0.39, 0.29) is 16.5 Å². The van der Waals surface area contributed by atoms with E-state index in [4.69, 9.17) is 0 Å². The summed E-state index contributed by atoms with van der Waals surface area (Å²) in [6, 6.07) is 2.61. The van der Waals surface area contributed by atoms with Crippen LogP contribution in [0.3, 0.4) is 0 Å². The number of rotatable bonds is 3.